The molecule has 1 atom stereocenters. The summed E-state index contributed by atoms with van der Waals surface area (Å²) in [6, 6.07) is 8.09. The monoisotopic (exact) mass is 205 g/mol. The molecule has 0 fully saturated rings. The summed E-state index contributed by atoms with van der Waals surface area (Å²) in [4.78, 5) is 10.9. The highest BCUT2D eigenvalue weighted by atomic mass is 16.1. The first-order valence-corrected chi connectivity index (χ1v) is 5.51. The van der Waals surface area contributed by atoms with Crippen molar-refractivity contribution >= 4 is 11.6 Å². The average Bonchev–Trinajstić information content (AvgIpc) is 2.17. The number of hydrogen-bond acceptors (Lipinski definition) is 1. The van der Waals surface area contributed by atoms with E-state index in [0.717, 1.165) is 5.69 Å². The Bertz CT molecular complexity index is 333. The van der Waals surface area contributed by atoms with Crippen molar-refractivity contribution < 1.29 is 4.79 Å². The Labute approximate surface area is 91.7 Å². The van der Waals surface area contributed by atoms with Gasteiger partial charge in [-0.2, -0.15) is 0 Å². The van der Waals surface area contributed by atoms with Crippen LogP contribution in [0.5, 0.6) is 0 Å². The summed E-state index contributed by atoms with van der Waals surface area (Å²) in [5, 5.41) is 2.80. The zero-order valence-electron chi connectivity index (χ0n) is 9.71. The maximum absolute atomic E-state index is 10.9. The number of anilines is 1. The number of amides is 1. The van der Waals surface area contributed by atoms with Crippen LogP contribution < -0.4 is 5.32 Å². The van der Waals surface area contributed by atoms with E-state index in [0.29, 0.717) is 5.92 Å². The maximum Gasteiger partial charge on any atom is 0.221 e. The fraction of sp³-hybridized carbons (Fsp3) is 0.462. The highest BCUT2D eigenvalue weighted by molar-refractivity contribution is 5.88. The second kappa shape index (κ2) is 5.54. The normalized spacial score (nSPS) is 12.2. The maximum atomic E-state index is 10.9. The standard InChI is InChI=1S/C13H19NO/c1-4-6-10(2)12-7-5-8-13(9-12)14-11(3)15/h5,7-10H,4,6H2,1-3H3,(H,14,15). The lowest BCUT2D eigenvalue weighted by molar-refractivity contribution is -0.114. The Morgan fingerprint density at radius 3 is 2.80 bits per heavy atom. The third-order valence-electron chi connectivity index (χ3n) is 2.50. The lowest BCUT2D eigenvalue weighted by Gasteiger charge is -2.12. The average molecular weight is 205 g/mol. The molecule has 1 rings (SSSR count). The van der Waals surface area contributed by atoms with Crippen LogP contribution >= 0.6 is 0 Å². The van der Waals surface area contributed by atoms with Crippen molar-refractivity contribution in [2.75, 3.05) is 5.32 Å². The van der Waals surface area contributed by atoms with Gasteiger partial charge in [0.15, 0.2) is 0 Å². The summed E-state index contributed by atoms with van der Waals surface area (Å²) in [5.41, 5.74) is 2.19. The first-order valence-electron chi connectivity index (χ1n) is 5.51. The van der Waals surface area contributed by atoms with Gasteiger partial charge < -0.3 is 5.32 Å². The molecule has 1 amide bonds. The molecule has 0 aliphatic heterocycles. The van der Waals surface area contributed by atoms with E-state index in [1.807, 2.05) is 12.1 Å². The predicted molar refractivity (Wildman–Crippen MR) is 64.1 cm³/mol. The van der Waals surface area contributed by atoms with Gasteiger partial charge in [-0.05, 0) is 30.0 Å². The molecular formula is C13H19NO. The second-order valence-corrected chi connectivity index (χ2v) is 4.00. The molecule has 1 aromatic rings. The van der Waals surface area contributed by atoms with E-state index < -0.39 is 0 Å². The van der Waals surface area contributed by atoms with Crippen LogP contribution in [0.3, 0.4) is 0 Å². The van der Waals surface area contributed by atoms with E-state index >= 15 is 0 Å². The Morgan fingerprint density at radius 2 is 2.20 bits per heavy atom. The van der Waals surface area contributed by atoms with Crippen molar-refractivity contribution in [1.82, 2.24) is 0 Å². The van der Waals surface area contributed by atoms with Gasteiger partial charge in [-0.25, -0.2) is 0 Å². The Kier molecular flexibility index (Phi) is 4.35. The lowest BCUT2D eigenvalue weighted by Crippen LogP contribution is -2.06. The fourth-order valence-corrected chi connectivity index (χ4v) is 1.73. The Balaban J connectivity index is 2.77. The third-order valence-corrected chi connectivity index (χ3v) is 2.50. The minimum Gasteiger partial charge on any atom is -0.326 e. The van der Waals surface area contributed by atoms with Crippen LogP contribution in [-0.4, -0.2) is 5.91 Å². The van der Waals surface area contributed by atoms with Gasteiger partial charge in [-0.15, -0.1) is 0 Å². The topological polar surface area (TPSA) is 29.1 Å². The number of benzene rings is 1. The number of rotatable bonds is 4. The van der Waals surface area contributed by atoms with Gasteiger partial charge in [-0.3, -0.25) is 4.79 Å². The van der Waals surface area contributed by atoms with Crippen LogP contribution in [0.15, 0.2) is 24.3 Å². The summed E-state index contributed by atoms with van der Waals surface area (Å²) in [5.74, 6) is 0.541. The zero-order chi connectivity index (χ0) is 11.3. The van der Waals surface area contributed by atoms with Crippen LogP contribution in [-0.2, 0) is 4.79 Å². The van der Waals surface area contributed by atoms with Gasteiger partial charge in [0, 0.05) is 12.6 Å². The Morgan fingerprint density at radius 1 is 1.47 bits per heavy atom. The van der Waals surface area contributed by atoms with Gasteiger partial charge in [0.1, 0.15) is 0 Å². The van der Waals surface area contributed by atoms with Gasteiger partial charge in [0.2, 0.25) is 5.91 Å². The highest BCUT2D eigenvalue weighted by Crippen LogP contribution is 2.22. The molecule has 0 bridgehead atoms. The molecule has 1 aromatic carbocycles. The summed E-state index contributed by atoms with van der Waals surface area (Å²) in [6.45, 7) is 5.94. The molecule has 1 unspecified atom stereocenters. The fourth-order valence-electron chi connectivity index (χ4n) is 1.73. The van der Waals surface area contributed by atoms with E-state index in [4.69, 9.17) is 0 Å². The zero-order valence-corrected chi connectivity index (χ0v) is 9.71. The molecule has 0 aliphatic rings. The molecule has 1 N–H and O–H groups in total. The first kappa shape index (κ1) is 11.8. The number of carbonyl (C=O) groups is 1. The van der Waals surface area contributed by atoms with E-state index in [1.165, 1.54) is 25.3 Å². The van der Waals surface area contributed by atoms with Gasteiger partial charge in [0.25, 0.3) is 0 Å². The van der Waals surface area contributed by atoms with Crippen LogP contribution in [0.4, 0.5) is 5.69 Å². The van der Waals surface area contributed by atoms with Crippen LogP contribution in [0, 0.1) is 0 Å². The number of nitrogens with one attached hydrogen (secondary N) is 1. The van der Waals surface area contributed by atoms with Crippen molar-refractivity contribution in [1.29, 1.82) is 0 Å². The minimum atomic E-state index is -0.0182. The minimum absolute atomic E-state index is 0.0182. The molecule has 15 heavy (non-hydrogen) atoms. The summed E-state index contributed by atoms with van der Waals surface area (Å²) in [6.07, 6.45) is 2.37. The van der Waals surface area contributed by atoms with Gasteiger partial charge >= 0.3 is 0 Å². The van der Waals surface area contributed by atoms with E-state index in [9.17, 15) is 4.79 Å². The molecule has 0 radical (unpaired) electrons. The van der Waals surface area contributed by atoms with Crippen molar-refractivity contribution in [3.05, 3.63) is 29.8 Å². The SMILES string of the molecule is CCCC(C)c1cccc(NC(C)=O)c1. The van der Waals surface area contributed by atoms with Crippen LogP contribution in [0.1, 0.15) is 45.1 Å². The lowest BCUT2D eigenvalue weighted by atomic mass is 9.96. The number of hydrogen-bond donors (Lipinski definition) is 1. The molecule has 0 saturated heterocycles. The van der Waals surface area contributed by atoms with Crippen LogP contribution in [0.2, 0.25) is 0 Å². The predicted octanol–water partition coefficient (Wildman–Crippen LogP) is 3.55. The van der Waals surface area contributed by atoms with Crippen molar-refractivity contribution in [3.63, 3.8) is 0 Å². The van der Waals surface area contributed by atoms with Crippen molar-refractivity contribution in [2.24, 2.45) is 0 Å². The molecule has 0 aliphatic carbocycles. The largest absolute Gasteiger partial charge is 0.326 e. The third kappa shape index (κ3) is 3.74. The summed E-state index contributed by atoms with van der Waals surface area (Å²) in [7, 11) is 0. The highest BCUT2D eigenvalue weighted by Gasteiger charge is 2.05. The van der Waals surface area contributed by atoms with E-state index in [1.54, 1.807) is 0 Å². The quantitative estimate of drug-likeness (QED) is 0.800. The number of carbonyl (C=O) groups excluding carboxylic acids is 1. The summed E-state index contributed by atoms with van der Waals surface area (Å²) >= 11 is 0. The van der Waals surface area contributed by atoms with Crippen molar-refractivity contribution in [3.8, 4) is 0 Å². The Hall–Kier alpha value is -1.31. The molecule has 2 heteroatoms. The van der Waals surface area contributed by atoms with Gasteiger partial charge in [0.05, 0.1) is 0 Å². The smallest absolute Gasteiger partial charge is 0.221 e. The van der Waals surface area contributed by atoms with E-state index in [2.05, 4.69) is 31.3 Å². The molecule has 0 heterocycles. The first-order chi connectivity index (χ1) is 7.13. The second-order valence-electron chi connectivity index (χ2n) is 4.00. The van der Waals surface area contributed by atoms with E-state index in [-0.39, 0.29) is 5.91 Å². The van der Waals surface area contributed by atoms with Crippen LogP contribution in [0.25, 0.3) is 0 Å². The molecule has 0 saturated carbocycles. The summed E-state index contributed by atoms with van der Waals surface area (Å²) < 4.78 is 0. The van der Waals surface area contributed by atoms with Crippen molar-refractivity contribution in [2.45, 2.75) is 39.5 Å². The molecule has 2 nitrogen and oxygen atoms in total. The molecular weight excluding hydrogens is 186 g/mol. The molecule has 82 valence electrons. The van der Waals surface area contributed by atoms with Gasteiger partial charge in [-0.1, -0.05) is 32.4 Å². The molecule has 0 aromatic heterocycles. The molecule has 0 spiro atoms.